The highest BCUT2D eigenvalue weighted by Crippen LogP contribution is 2.65. The van der Waals surface area contributed by atoms with E-state index in [0.29, 0.717) is 32.9 Å². The standard InChI is InChI=1S/C26H16Cl5N3O3/c27-15-9-14(10-16(28)11-15)21-22(26(21,30)31)24(36)34-18-5-6-20(29)19(12-18)23(35)33-17-3-1-13(2-4-17)25-32-7-8-37-25/h1-12,21-22H,(H,33,35)(H,34,36)/t21-,22+/m1/s1. The van der Waals surface area contributed by atoms with E-state index >= 15 is 0 Å². The van der Waals surface area contributed by atoms with Gasteiger partial charge in [0.15, 0.2) is 0 Å². The Kier molecular flexibility index (Phi) is 7.14. The number of oxazole rings is 1. The van der Waals surface area contributed by atoms with Gasteiger partial charge in [-0.15, -0.1) is 23.2 Å². The van der Waals surface area contributed by atoms with Crippen molar-refractivity contribution in [3.63, 3.8) is 0 Å². The van der Waals surface area contributed by atoms with Gasteiger partial charge in [-0.25, -0.2) is 4.98 Å². The van der Waals surface area contributed by atoms with Crippen LogP contribution in [0.3, 0.4) is 0 Å². The number of carbonyl (C=O) groups is 2. The van der Waals surface area contributed by atoms with Gasteiger partial charge in [-0.05, 0) is 66.2 Å². The van der Waals surface area contributed by atoms with E-state index in [-0.39, 0.29) is 10.6 Å². The molecule has 11 heteroatoms. The van der Waals surface area contributed by atoms with Crippen LogP contribution in [0.5, 0.6) is 0 Å². The van der Waals surface area contributed by atoms with Gasteiger partial charge in [-0.2, -0.15) is 0 Å². The third-order valence-electron chi connectivity index (χ3n) is 5.88. The van der Waals surface area contributed by atoms with E-state index in [1.807, 2.05) is 0 Å². The molecule has 0 spiro atoms. The van der Waals surface area contributed by atoms with Crippen molar-refractivity contribution < 1.29 is 14.0 Å². The fourth-order valence-corrected chi connectivity index (χ4v) is 5.65. The molecule has 1 aromatic heterocycles. The lowest BCUT2D eigenvalue weighted by Crippen LogP contribution is -2.18. The molecule has 1 saturated carbocycles. The van der Waals surface area contributed by atoms with Crippen LogP contribution in [0.4, 0.5) is 11.4 Å². The molecule has 0 bridgehead atoms. The molecular weight excluding hydrogens is 580 g/mol. The average molecular weight is 596 g/mol. The summed E-state index contributed by atoms with van der Waals surface area (Å²) in [6.45, 7) is 0. The Bertz CT molecular complexity index is 1470. The highest BCUT2D eigenvalue weighted by Gasteiger charge is 2.67. The van der Waals surface area contributed by atoms with Gasteiger partial charge in [-0.1, -0.05) is 34.8 Å². The second-order valence-electron chi connectivity index (χ2n) is 8.39. The summed E-state index contributed by atoms with van der Waals surface area (Å²) in [6.07, 6.45) is 3.03. The monoisotopic (exact) mass is 593 g/mol. The topological polar surface area (TPSA) is 84.2 Å². The van der Waals surface area contributed by atoms with Crippen LogP contribution in [0, 0.1) is 5.92 Å². The fraction of sp³-hybridized carbons (Fsp3) is 0.115. The SMILES string of the molecule is O=C(Nc1ccc(-c2ncco2)cc1)c1cc(NC(=O)[C@@H]2[C@@H](c3cc(Cl)cc(Cl)c3)C2(Cl)Cl)ccc1Cl. The minimum Gasteiger partial charge on any atom is -0.445 e. The molecular formula is C26H16Cl5N3O3. The van der Waals surface area contributed by atoms with Crippen LogP contribution < -0.4 is 10.6 Å². The van der Waals surface area contributed by atoms with Crippen LogP contribution in [0.25, 0.3) is 11.5 Å². The maximum absolute atomic E-state index is 13.0. The van der Waals surface area contributed by atoms with Crippen LogP contribution in [-0.4, -0.2) is 21.1 Å². The maximum Gasteiger partial charge on any atom is 0.257 e. The van der Waals surface area contributed by atoms with Crippen molar-refractivity contribution in [3.8, 4) is 11.5 Å². The lowest BCUT2D eigenvalue weighted by Gasteiger charge is -2.11. The van der Waals surface area contributed by atoms with E-state index in [9.17, 15) is 9.59 Å². The molecule has 188 valence electrons. The summed E-state index contributed by atoms with van der Waals surface area (Å²) in [5.74, 6) is -1.64. The zero-order valence-electron chi connectivity index (χ0n) is 18.6. The molecule has 2 amide bonds. The van der Waals surface area contributed by atoms with Gasteiger partial charge in [0.25, 0.3) is 5.91 Å². The van der Waals surface area contributed by atoms with Crippen molar-refractivity contribution >= 4 is 81.2 Å². The molecule has 2 N–H and O–H groups in total. The number of amides is 2. The molecule has 1 heterocycles. The molecule has 1 aliphatic rings. The first-order valence-electron chi connectivity index (χ1n) is 10.9. The summed E-state index contributed by atoms with van der Waals surface area (Å²) < 4.78 is 3.94. The number of nitrogens with one attached hydrogen (secondary N) is 2. The van der Waals surface area contributed by atoms with E-state index in [1.54, 1.807) is 54.7 Å². The smallest absolute Gasteiger partial charge is 0.257 e. The van der Waals surface area contributed by atoms with E-state index in [4.69, 9.17) is 62.4 Å². The molecule has 3 aromatic carbocycles. The molecule has 37 heavy (non-hydrogen) atoms. The van der Waals surface area contributed by atoms with E-state index in [2.05, 4.69) is 15.6 Å². The number of alkyl halides is 2. The van der Waals surface area contributed by atoms with Crippen molar-refractivity contribution in [1.82, 2.24) is 4.98 Å². The maximum atomic E-state index is 13.0. The van der Waals surface area contributed by atoms with Crippen LogP contribution in [0.2, 0.25) is 15.1 Å². The molecule has 4 aromatic rings. The van der Waals surface area contributed by atoms with Gasteiger partial charge in [0.05, 0.1) is 22.7 Å². The first kappa shape index (κ1) is 25.9. The molecule has 0 saturated heterocycles. The molecule has 1 fully saturated rings. The molecule has 5 rings (SSSR count). The molecule has 1 aliphatic carbocycles. The second kappa shape index (κ2) is 10.2. The summed E-state index contributed by atoms with van der Waals surface area (Å²) in [6, 6.07) is 16.5. The number of benzene rings is 3. The summed E-state index contributed by atoms with van der Waals surface area (Å²) in [5.41, 5.74) is 2.50. The molecule has 0 unspecified atom stereocenters. The average Bonchev–Trinajstić information content (AvgIpc) is 3.16. The fourth-order valence-electron chi connectivity index (χ4n) is 4.08. The summed E-state index contributed by atoms with van der Waals surface area (Å²) in [4.78, 5) is 30.1. The molecule has 6 nitrogen and oxygen atoms in total. The van der Waals surface area contributed by atoms with Gasteiger partial charge in [0.2, 0.25) is 11.8 Å². The van der Waals surface area contributed by atoms with Gasteiger partial charge in [0, 0.05) is 32.9 Å². The lowest BCUT2D eigenvalue weighted by atomic mass is 10.1. The zero-order chi connectivity index (χ0) is 26.3. The predicted molar refractivity (Wildman–Crippen MR) is 147 cm³/mol. The Morgan fingerprint density at radius 1 is 0.865 bits per heavy atom. The Balaban J connectivity index is 1.29. The number of carbonyl (C=O) groups excluding carboxylic acids is 2. The third-order valence-corrected chi connectivity index (χ3v) is 7.59. The van der Waals surface area contributed by atoms with Crippen LogP contribution in [0.1, 0.15) is 21.8 Å². The van der Waals surface area contributed by atoms with Crippen molar-refractivity contribution in [2.45, 2.75) is 10.3 Å². The number of nitrogens with zero attached hydrogens (tertiary/aromatic N) is 1. The van der Waals surface area contributed by atoms with Gasteiger partial charge in [0.1, 0.15) is 10.6 Å². The minimum absolute atomic E-state index is 0.174. The number of hydrogen-bond donors (Lipinski definition) is 2. The number of halogens is 5. The molecule has 0 radical (unpaired) electrons. The summed E-state index contributed by atoms with van der Waals surface area (Å²) in [7, 11) is 0. The number of hydrogen-bond acceptors (Lipinski definition) is 4. The quantitative estimate of drug-likeness (QED) is 0.221. The van der Waals surface area contributed by atoms with Crippen molar-refractivity contribution in [3.05, 3.63) is 99.3 Å². The number of rotatable bonds is 6. The number of aromatic nitrogens is 1. The van der Waals surface area contributed by atoms with Crippen molar-refractivity contribution in [2.24, 2.45) is 5.92 Å². The van der Waals surface area contributed by atoms with Crippen LogP contribution >= 0.6 is 58.0 Å². The Labute approximate surface area is 236 Å². The van der Waals surface area contributed by atoms with Gasteiger partial charge >= 0.3 is 0 Å². The number of anilines is 2. The first-order chi connectivity index (χ1) is 17.6. The largest absolute Gasteiger partial charge is 0.445 e. The Hall–Kier alpha value is -2.74. The highest BCUT2D eigenvalue weighted by molar-refractivity contribution is 6.53. The Morgan fingerprint density at radius 2 is 1.54 bits per heavy atom. The highest BCUT2D eigenvalue weighted by atomic mass is 35.5. The zero-order valence-corrected chi connectivity index (χ0v) is 22.4. The minimum atomic E-state index is -1.33. The first-order valence-corrected chi connectivity index (χ1v) is 12.8. The predicted octanol–water partition coefficient (Wildman–Crippen LogP) is 8.08. The molecule has 0 aliphatic heterocycles. The van der Waals surface area contributed by atoms with E-state index in [1.165, 1.54) is 18.4 Å². The van der Waals surface area contributed by atoms with Crippen LogP contribution in [-0.2, 0) is 4.79 Å². The summed E-state index contributed by atoms with van der Waals surface area (Å²) in [5, 5.41) is 6.60. The van der Waals surface area contributed by atoms with E-state index in [0.717, 1.165) is 5.56 Å². The van der Waals surface area contributed by atoms with Gasteiger partial charge < -0.3 is 15.1 Å². The van der Waals surface area contributed by atoms with Gasteiger partial charge in [-0.3, -0.25) is 9.59 Å². The molecule has 2 atom stereocenters. The van der Waals surface area contributed by atoms with E-state index < -0.39 is 28.0 Å². The Morgan fingerprint density at radius 3 is 2.19 bits per heavy atom. The normalized spacial score (nSPS) is 17.8. The lowest BCUT2D eigenvalue weighted by molar-refractivity contribution is -0.117. The summed E-state index contributed by atoms with van der Waals surface area (Å²) >= 11 is 31.3. The van der Waals surface area contributed by atoms with Crippen molar-refractivity contribution in [2.75, 3.05) is 10.6 Å². The second-order valence-corrected chi connectivity index (χ2v) is 11.1. The van der Waals surface area contributed by atoms with Crippen molar-refractivity contribution in [1.29, 1.82) is 0 Å². The van der Waals surface area contributed by atoms with Crippen LogP contribution in [0.15, 0.2) is 77.5 Å². The third kappa shape index (κ3) is 5.44.